The van der Waals surface area contributed by atoms with Crippen molar-refractivity contribution in [3.8, 4) is 0 Å². The van der Waals surface area contributed by atoms with E-state index in [1.807, 2.05) is 42.5 Å². The average molecular weight is 321 g/mol. The Hall–Kier alpha value is -3.34. The summed E-state index contributed by atoms with van der Waals surface area (Å²) >= 11 is 0. The molecule has 4 nitrogen and oxygen atoms in total. The van der Waals surface area contributed by atoms with Crippen LogP contribution in [0, 0.1) is 5.82 Å². The maximum absolute atomic E-state index is 12.8. The molecule has 0 atom stereocenters. The predicted molar refractivity (Wildman–Crippen MR) is 95.2 cm³/mol. The standard InChI is InChI=1S/C19H16FN3O/c20-14-6-8-17(9-7-14)22-19(24)23-18-12-10-16(11-13-18)21-15-4-2-1-3-5-15/h1-13,21H,(H2,22,23,24). The zero-order valence-corrected chi connectivity index (χ0v) is 12.8. The summed E-state index contributed by atoms with van der Waals surface area (Å²) in [5, 5.41) is 8.63. The fraction of sp³-hybridized carbons (Fsp3) is 0. The van der Waals surface area contributed by atoms with Crippen molar-refractivity contribution in [2.45, 2.75) is 0 Å². The van der Waals surface area contributed by atoms with Crippen LogP contribution in [-0.2, 0) is 0 Å². The number of urea groups is 1. The first kappa shape index (κ1) is 15.6. The van der Waals surface area contributed by atoms with Gasteiger partial charge in [-0.05, 0) is 60.7 Å². The van der Waals surface area contributed by atoms with Gasteiger partial charge in [-0.2, -0.15) is 0 Å². The van der Waals surface area contributed by atoms with E-state index in [0.29, 0.717) is 11.4 Å². The minimum Gasteiger partial charge on any atom is -0.356 e. The highest BCUT2D eigenvalue weighted by atomic mass is 19.1. The molecule has 0 fully saturated rings. The molecule has 0 heterocycles. The van der Waals surface area contributed by atoms with Crippen molar-refractivity contribution in [2.24, 2.45) is 0 Å². The number of halogens is 1. The monoisotopic (exact) mass is 321 g/mol. The Kier molecular flexibility index (Phi) is 4.72. The molecule has 5 heteroatoms. The fourth-order valence-corrected chi connectivity index (χ4v) is 2.15. The van der Waals surface area contributed by atoms with Crippen molar-refractivity contribution in [1.29, 1.82) is 0 Å². The maximum atomic E-state index is 12.8. The molecule has 0 saturated carbocycles. The number of hydrogen-bond donors (Lipinski definition) is 3. The van der Waals surface area contributed by atoms with Crippen LogP contribution in [0.25, 0.3) is 0 Å². The van der Waals surface area contributed by atoms with Crippen LogP contribution >= 0.6 is 0 Å². The number of para-hydroxylation sites is 1. The maximum Gasteiger partial charge on any atom is 0.323 e. The summed E-state index contributed by atoms with van der Waals surface area (Å²) in [5.74, 6) is -0.345. The lowest BCUT2D eigenvalue weighted by Gasteiger charge is -2.09. The Morgan fingerprint density at radius 3 is 1.67 bits per heavy atom. The van der Waals surface area contributed by atoms with E-state index in [9.17, 15) is 9.18 Å². The fourth-order valence-electron chi connectivity index (χ4n) is 2.15. The molecule has 0 aliphatic heterocycles. The smallest absolute Gasteiger partial charge is 0.323 e. The van der Waals surface area contributed by atoms with Crippen LogP contribution in [0.15, 0.2) is 78.9 Å². The molecule has 0 bridgehead atoms. The quantitative estimate of drug-likeness (QED) is 0.617. The first-order valence-electron chi connectivity index (χ1n) is 7.45. The third kappa shape index (κ3) is 4.33. The molecule has 2 amide bonds. The van der Waals surface area contributed by atoms with Crippen LogP contribution in [0.2, 0.25) is 0 Å². The second-order valence-corrected chi connectivity index (χ2v) is 5.15. The zero-order valence-electron chi connectivity index (χ0n) is 12.8. The molecule has 3 rings (SSSR count). The molecule has 0 saturated heterocycles. The van der Waals surface area contributed by atoms with Gasteiger partial charge in [0.2, 0.25) is 0 Å². The molecule has 3 aromatic rings. The molecule has 0 aliphatic rings. The molecule has 0 aromatic heterocycles. The van der Waals surface area contributed by atoms with Crippen molar-refractivity contribution < 1.29 is 9.18 Å². The lowest BCUT2D eigenvalue weighted by Crippen LogP contribution is -2.19. The van der Waals surface area contributed by atoms with Gasteiger partial charge >= 0.3 is 6.03 Å². The van der Waals surface area contributed by atoms with Crippen molar-refractivity contribution in [3.05, 3.63) is 84.7 Å². The van der Waals surface area contributed by atoms with E-state index in [1.165, 1.54) is 24.3 Å². The van der Waals surface area contributed by atoms with Crippen LogP contribution in [-0.4, -0.2) is 6.03 Å². The summed E-state index contributed by atoms with van der Waals surface area (Å²) in [5.41, 5.74) is 3.10. The number of amides is 2. The Labute approximate surface area is 139 Å². The van der Waals surface area contributed by atoms with Gasteiger partial charge in [-0.15, -0.1) is 0 Å². The van der Waals surface area contributed by atoms with Gasteiger partial charge in [0.1, 0.15) is 5.82 Å². The van der Waals surface area contributed by atoms with Gasteiger partial charge in [0.25, 0.3) is 0 Å². The Balaban J connectivity index is 1.57. The minimum absolute atomic E-state index is 0.345. The Morgan fingerprint density at radius 1 is 0.625 bits per heavy atom. The number of rotatable bonds is 4. The molecule has 0 unspecified atom stereocenters. The van der Waals surface area contributed by atoms with Gasteiger partial charge in [0, 0.05) is 22.7 Å². The highest BCUT2D eigenvalue weighted by Gasteiger charge is 2.03. The summed E-state index contributed by atoms with van der Waals surface area (Å²) in [7, 11) is 0. The second kappa shape index (κ2) is 7.28. The van der Waals surface area contributed by atoms with E-state index >= 15 is 0 Å². The van der Waals surface area contributed by atoms with Crippen LogP contribution in [0.3, 0.4) is 0 Å². The molecule has 3 N–H and O–H groups in total. The average Bonchev–Trinajstić information content (AvgIpc) is 2.60. The van der Waals surface area contributed by atoms with Crippen molar-refractivity contribution >= 4 is 28.8 Å². The molecule has 0 aliphatic carbocycles. The van der Waals surface area contributed by atoms with E-state index in [2.05, 4.69) is 16.0 Å². The molecular formula is C19H16FN3O. The van der Waals surface area contributed by atoms with E-state index in [1.54, 1.807) is 12.1 Å². The third-order valence-corrected chi connectivity index (χ3v) is 3.31. The van der Waals surface area contributed by atoms with Crippen molar-refractivity contribution in [3.63, 3.8) is 0 Å². The third-order valence-electron chi connectivity index (χ3n) is 3.31. The zero-order chi connectivity index (χ0) is 16.8. The number of nitrogens with one attached hydrogen (secondary N) is 3. The summed E-state index contributed by atoms with van der Waals surface area (Å²) < 4.78 is 12.8. The van der Waals surface area contributed by atoms with Gasteiger partial charge in [-0.3, -0.25) is 0 Å². The van der Waals surface area contributed by atoms with Gasteiger partial charge in [0.05, 0.1) is 0 Å². The highest BCUT2D eigenvalue weighted by molar-refractivity contribution is 5.99. The molecule has 0 radical (unpaired) electrons. The van der Waals surface area contributed by atoms with Crippen LogP contribution in [0.1, 0.15) is 0 Å². The van der Waals surface area contributed by atoms with Crippen LogP contribution < -0.4 is 16.0 Å². The number of carbonyl (C=O) groups excluding carboxylic acids is 1. The summed E-state index contributed by atoms with van der Waals surface area (Å²) in [6.45, 7) is 0. The minimum atomic E-state index is -0.384. The molecule has 0 spiro atoms. The van der Waals surface area contributed by atoms with Gasteiger partial charge < -0.3 is 16.0 Å². The lowest BCUT2D eigenvalue weighted by molar-refractivity contribution is 0.262. The normalized spacial score (nSPS) is 10.0. The summed E-state index contributed by atoms with van der Waals surface area (Å²) in [6.07, 6.45) is 0. The van der Waals surface area contributed by atoms with E-state index in [-0.39, 0.29) is 11.8 Å². The van der Waals surface area contributed by atoms with E-state index in [4.69, 9.17) is 0 Å². The van der Waals surface area contributed by atoms with Crippen LogP contribution in [0.4, 0.5) is 31.9 Å². The first-order valence-corrected chi connectivity index (χ1v) is 7.45. The molecular weight excluding hydrogens is 305 g/mol. The molecule has 3 aromatic carbocycles. The van der Waals surface area contributed by atoms with Crippen molar-refractivity contribution in [1.82, 2.24) is 0 Å². The summed E-state index contributed by atoms with van der Waals surface area (Å²) in [6, 6.07) is 22.4. The number of carbonyl (C=O) groups is 1. The number of hydrogen-bond acceptors (Lipinski definition) is 2. The van der Waals surface area contributed by atoms with Gasteiger partial charge in [-0.1, -0.05) is 18.2 Å². The van der Waals surface area contributed by atoms with Crippen molar-refractivity contribution in [2.75, 3.05) is 16.0 Å². The molecule has 24 heavy (non-hydrogen) atoms. The first-order chi connectivity index (χ1) is 11.7. The van der Waals surface area contributed by atoms with Crippen LogP contribution in [0.5, 0.6) is 0 Å². The largest absolute Gasteiger partial charge is 0.356 e. The lowest BCUT2D eigenvalue weighted by atomic mass is 10.2. The van der Waals surface area contributed by atoms with E-state index in [0.717, 1.165) is 11.4 Å². The summed E-state index contributed by atoms with van der Waals surface area (Å²) in [4.78, 5) is 11.9. The van der Waals surface area contributed by atoms with Gasteiger partial charge in [0.15, 0.2) is 0 Å². The predicted octanol–water partition coefficient (Wildman–Crippen LogP) is 5.21. The number of anilines is 4. The Morgan fingerprint density at radius 2 is 1.08 bits per heavy atom. The topological polar surface area (TPSA) is 53.2 Å². The molecule has 120 valence electrons. The van der Waals surface area contributed by atoms with Gasteiger partial charge in [-0.25, -0.2) is 9.18 Å². The van der Waals surface area contributed by atoms with E-state index < -0.39 is 0 Å². The Bertz CT molecular complexity index is 802. The highest BCUT2D eigenvalue weighted by Crippen LogP contribution is 2.19. The SMILES string of the molecule is O=C(Nc1ccc(F)cc1)Nc1ccc(Nc2ccccc2)cc1. The number of benzene rings is 3. The second-order valence-electron chi connectivity index (χ2n) is 5.15.